The summed E-state index contributed by atoms with van der Waals surface area (Å²) >= 11 is 2.15. The van der Waals surface area contributed by atoms with Gasteiger partial charge in [-0.15, -0.1) is 0 Å². The highest BCUT2D eigenvalue weighted by atomic mass is 127. The zero-order valence-electron chi connectivity index (χ0n) is 23.0. The lowest BCUT2D eigenvalue weighted by atomic mass is 9.87. The summed E-state index contributed by atoms with van der Waals surface area (Å²) in [5.41, 5.74) is 1.13. The second-order valence-electron chi connectivity index (χ2n) is 10.1. The number of aliphatic hydroxyl groups is 2. The molecular weight excluding hydrogens is 626 g/mol. The number of aliphatic hydroxyl groups excluding tert-OH is 2. The molecule has 2 aromatic rings. The molecule has 218 valence electrons. The smallest absolute Gasteiger partial charge is 0.247 e. The molecule has 0 bridgehead atoms. The maximum absolute atomic E-state index is 13.9. The lowest BCUT2D eigenvalue weighted by Gasteiger charge is -2.40. The van der Waals surface area contributed by atoms with Crippen LogP contribution in [-0.2, 0) is 16.0 Å². The Balaban J connectivity index is 1.88. The molecule has 0 aromatic heterocycles. The highest BCUT2D eigenvalue weighted by Crippen LogP contribution is 2.30. The quantitative estimate of drug-likeness (QED) is 0.188. The van der Waals surface area contributed by atoms with E-state index in [9.17, 15) is 24.2 Å². The summed E-state index contributed by atoms with van der Waals surface area (Å²) in [5, 5.41) is 23.4. The molecule has 1 aliphatic rings. The summed E-state index contributed by atoms with van der Waals surface area (Å²) in [6, 6.07) is 12.9. The van der Waals surface area contributed by atoms with Gasteiger partial charge in [0, 0.05) is 31.5 Å². The van der Waals surface area contributed by atoms with Gasteiger partial charge in [0.25, 0.3) is 0 Å². The van der Waals surface area contributed by atoms with Crippen LogP contribution in [0.1, 0.15) is 57.4 Å². The number of rotatable bonds is 15. The minimum Gasteiger partial charge on any atom is -0.482 e. The minimum absolute atomic E-state index is 0.0888. The lowest BCUT2D eigenvalue weighted by molar-refractivity contribution is -0.138. The predicted molar refractivity (Wildman–Crippen MR) is 161 cm³/mol. The van der Waals surface area contributed by atoms with Crippen molar-refractivity contribution in [1.29, 1.82) is 0 Å². The summed E-state index contributed by atoms with van der Waals surface area (Å²) in [6.45, 7) is 2.29. The van der Waals surface area contributed by atoms with Gasteiger partial charge in [-0.1, -0.05) is 56.9 Å². The van der Waals surface area contributed by atoms with E-state index in [-0.39, 0.29) is 43.7 Å². The molecule has 3 atom stereocenters. The van der Waals surface area contributed by atoms with Crippen LogP contribution in [0.15, 0.2) is 60.2 Å². The Kier molecular flexibility index (Phi) is 13.4. The van der Waals surface area contributed by atoms with E-state index >= 15 is 0 Å². The zero-order chi connectivity index (χ0) is 28.9. The fourth-order valence-corrected chi connectivity index (χ4v) is 5.42. The lowest BCUT2D eigenvalue weighted by Crippen LogP contribution is -2.55. The summed E-state index contributed by atoms with van der Waals surface area (Å²) in [5.74, 6) is -0.269. The van der Waals surface area contributed by atoms with Crippen molar-refractivity contribution in [1.82, 2.24) is 10.2 Å². The summed E-state index contributed by atoms with van der Waals surface area (Å²) in [7, 11) is 0. The Morgan fingerprint density at radius 3 is 2.62 bits per heavy atom. The molecular formula is C31H40FIN2O5. The first kappa shape index (κ1) is 32.0. The fraction of sp³-hybridized carbons (Fsp3) is 0.484. The van der Waals surface area contributed by atoms with E-state index in [0.29, 0.717) is 24.2 Å². The van der Waals surface area contributed by atoms with Gasteiger partial charge in [-0.3, -0.25) is 9.59 Å². The highest BCUT2D eigenvalue weighted by Gasteiger charge is 2.40. The Hall–Kier alpha value is -2.50. The van der Waals surface area contributed by atoms with Crippen LogP contribution in [-0.4, -0.2) is 64.9 Å². The van der Waals surface area contributed by atoms with Crippen molar-refractivity contribution < 1.29 is 28.9 Å². The number of amides is 2. The normalized spacial score (nSPS) is 18.6. The maximum atomic E-state index is 13.9. The third kappa shape index (κ3) is 9.55. The zero-order valence-corrected chi connectivity index (χ0v) is 25.2. The number of para-hydroxylation sites is 1. The minimum atomic E-state index is -1.10. The molecule has 0 heterocycles. The molecule has 0 saturated carbocycles. The van der Waals surface area contributed by atoms with E-state index in [2.05, 4.69) is 34.8 Å². The standard InChI is InChI=1S/C31H40FIN2O5/c1-2-3-4-5-6-14-29(37)35(17-15-22-10-9-11-24(32)19-22)26-20-23(31(39)34-16-18-36)21-28(30(26)38)40-27-13-8-7-12-25(27)33/h7-13,19,21,26,28,30,36,38H,2-6,14-18,20H2,1H3,(H,34,39)/t26-,28+,30+/m1/s1. The highest BCUT2D eigenvalue weighted by molar-refractivity contribution is 14.1. The number of nitrogens with zero attached hydrogens (tertiary/aromatic N) is 1. The van der Waals surface area contributed by atoms with Crippen LogP contribution in [0, 0.1) is 9.39 Å². The van der Waals surface area contributed by atoms with Gasteiger partial charge in [0.15, 0.2) is 0 Å². The molecule has 0 aliphatic heterocycles. The molecule has 2 amide bonds. The van der Waals surface area contributed by atoms with Crippen molar-refractivity contribution >= 4 is 34.4 Å². The average molecular weight is 667 g/mol. The van der Waals surface area contributed by atoms with E-state index in [1.54, 1.807) is 23.1 Å². The summed E-state index contributed by atoms with van der Waals surface area (Å²) in [6.07, 6.45) is 5.46. The molecule has 3 N–H and O–H groups in total. The maximum Gasteiger partial charge on any atom is 0.247 e. The van der Waals surface area contributed by atoms with Crippen molar-refractivity contribution in [3.05, 3.63) is 75.1 Å². The SMILES string of the molecule is CCCCCCCC(=O)N(CCc1cccc(F)c1)[C@@H]1CC(C(=O)NCCO)=C[C@H](Oc2ccccc2I)[C@H]1O. The monoisotopic (exact) mass is 666 g/mol. The number of benzene rings is 2. The van der Waals surface area contributed by atoms with E-state index in [1.807, 2.05) is 24.3 Å². The van der Waals surface area contributed by atoms with Crippen molar-refractivity contribution in [2.24, 2.45) is 0 Å². The number of hydrogen-bond acceptors (Lipinski definition) is 5. The number of unbranched alkanes of at least 4 members (excludes halogenated alkanes) is 4. The van der Waals surface area contributed by atoms with Crippen LogP contribution in [0.5, 0.6) is 5.75 Å². The van der Waals surface area contributed by atoms with Gasteiger partial charge < -0.3 is 25.2 Å². The topological polar surface area (TPSA) is 99.1 Å². The van der Waals surface area contributed by atoms with Gasteiger partial charge >= 0.3 is 0 Å². The molecule has 1 aliphatic carbocycles. The number of carbonyl (C=O) groups excluding carboxylic acids is 2. The summed E-state index contributed by atoms with van der Waals surface area (Å²) in [4.78, 5) is 28.3. The Morgan fingerprint density at radius 2 is 1.90 bits per heavy atom. The molecule has 9 heteroatoms. The second-order valence-corrected chi connectivity index (χ2v) is 11.2. The van der Waals surface area contributed by atoms with Gasteiger partial charge in [-0.25, -0.2) is 4.39 Å². The van der Waals surface area contributed by atoms with Gasteiger partial charge in [0.05, 0.1) is 16.2 Å². The molecule has 2 aromatic carbocycles. The number of carbonyl (C=O) groups is 2. The van der Waals surface area contributed by atoms with Gasteiger partial charge in [-0.2, -0.15) is 0 Å². The van der Waals surface area contributed by atoms with Crippen LogP contribution in [0.2, 0.25) is 0 Å². The first-order chi connectivity index (χ1) is 19.3. The van der Waals surface area contributed by atoms with Crippen LogP contribution in [0.25, 0.3) is 0 Å². The average Bonchev–Trinajstić information content (AvgIpc) is 2.94. The molecule has 0 saturated heterocycles. The third-order valence-corrected chi connectivity index (χ3v) is 7.95. The van der Waals surface area contributed by atoms with Gasteiger partial charge in [0.2, 0.25) is 11.8 Å². The van der Waals surface area contributed by atoms with Crippen LogP contribution >= 0.6 is 22.6 Å². The van der Waals surface area contributed by atoms with Crippen LogP contribution in [0.3, 0.4) is 0 Å². The van der Waals surface area contributed by atoms with Crippen molar-refractivity contribution in [2.45, 2.75) is 76.5 Å². The largest absolute Gasteiger partial charge is 0.482 e. The van der Waals surface area contributed by atoms with Gasteiger partial charge in [0.1, 0.15) is 23.8 Å². The van der Waals surface area contributed by atoms with Crippen LogP contribution < -0.4 is 10.1 Å². The number of halogens is 2. The number of ether oxygens (including phenoxy) is 1. The van der Waals surface area contributed by atoms with Crippen molar-refractivity contribution in [3.8, 4) is 5.75 Å². The third-order valence-electron chi connectivity index (χ3n) is 7.06. The number of hydrogen-bond donors (Lipinski definition) is 3. The fourth-order valence-electron chi connectivity index (χ4n) is 4.91. The summed E-state index contributed by atoms with van der Waals surface area (Å²) < 4.78 is 20.9. The first-order valence-corrected chi connectivity index (χ1v) is 15.1. The number of nitrogens with one attached hydrogen (secondary N) is 1. The molecule has 40 heavy (non-hydrogen) atoms. The van der Waals surface area contributed by atoms with E-state index in [4.69, 9.17) is 4.74 Å². The Bertz CT molecular complexity index is 1140. The molecule has 0 fully saturated rings. The molecule has 0 unspecified atom stereocenters. The first-order valence-electron chi connectivity index (χ1n) is 14.1. The van der Waals surface area contributed by atoms with E-state index in [1.165, 1.54) is 12.1 Å². The molecule has 0 radical (unpaired) electrons. The Morgan fingerprint density at radius 1 is 1.12 bits per heavy atom. The van der Waals surface area contributed by atoms with Crippen molar-refractivity contribution in [3.63, 3.8) is 0 Å². The van der Waals surface area contributed by atoms with Crippen LogP contribution in [0.4, 0.5) is 4.39 Å². The molecule has 3 rings (SSSR count). The molecule has 7 nitrogen and oxygen atoms in total. The second kappa shape index (κ2) is 16.7. The Labute approximate surface area is 249 Å². The predicted octanol–water partition coefficient (Wildman–Crippen LogP) is 4.78. The molecule has 0 spiro atoms. The van der Waals surface area contributed by atoms with E-state index in [0.717, 1.165) is 41.2 Å². The van der Waals surface area contributed by atoms with E-state index < -0.39 is 18.2 Å². The van der Waals surface area contributed by atoms with Crippen molar-refractivity contribution in [2.75, 3.05) is 19.7 Å². The van der Waals surface area contributed by atoms with Gasteiger partial charge in [-0.05, 0) is 71.3 Å².